The first kappa shape index (κ1) is 17.8. The highest BCUT2D eigenvalue weighted by Gasteiger charge is 2.21. The number of ether oxygens (including phenoxy) is 1. The summed E-state index contributed by atoms with van der Waals surface area (Å²) in [4.78, 5) is 16.5. The molecule has 0 unspecified atom stereocenters. The van der Waals surface area contributed by atoms with Crippen LogP contribution in [0.15, 0.2) is 48.5 Å². The Labute approximate surface area is 154 Å². The number of piperazine rings is 1. The highest BCUT2D eigenvalue weighted by Crippen LogP contribution is 2.15. The maximum absolute atomic E-state index is 12.3. The van der Waals surface area contributed by atoms with Crippen LogP contribution in [0.25, 0.3) is 0 Å². The van der Waals surface area contributed by atoms with Crippen LogP contribution in [0.4, 0.5) is 0 Å². The molecule has 4 nitrogen and oxygen atoms in total. The van der Waals surface area contributed by atoms with Gasteiger partial charge in [-0.2, -0.15) is 0 Å². The van der Waals surface area contributed by atoms with Crippen molar-refractivity contribution in [3.63, 3.8) is 0 Å². The van der Waals surface area contributed by atoms with Gasteiger partial charge >= 0.3 is 0 Å². The number of halogens is 1. The zero-order valence-corrected chi connectivity index (χ0v) is 15.2. The number of hydrogen-bond donors (Lipinski definition) is 0. The van der Waals surface area contributed by atoms with Crippen LogP contribution in [0.1, 0.15) is 11.1 Å². The molecule has 0 spiro atoms. The molecule has 132 valence electrons. The normalized spacial score (nSPS) is 15.2. The SMILES string of the molecule is Cc1ccc(OCC(=O)N2CCN(Cc3cccc(Cl)c3)CC2)cc1. The standard InChI is InChI=1S/C20H23ClN2O2/c1-16-5-7-19(8-6-16)25-15-20(24)23-11-9-22(10-12-23)14-17-3-2-4-18(21)13-17/h2-8,13H,9-12,14-15H2,1H3. The minimum absolute atomic E-state index is 0.0444. The van der Waals surface area contributed by atoms with Crippen LogP contribution in [0.5, 0.6) is 5.75 Å². The van der Waals surface area contributed by atoms with Gasteiger partial charge < -0.3 is 9.64 Å². The van der Waals surface area contributed by atoms with Crippen molar-refractivity contribution in [3.8, 4) is 5.75 Å². The van der Waals surface area contributed by atoms with Crippen LogP contribution in [0.3, 0.4) is 0 Å². The largest absolute Gasteiger partial charge is 0.484 e. The average molecular weight is 359 g/mol. The van der Waals surface area contributed by atoms with E-state index in [1.54, 1.807) is 0 Å². The molecule has 0 aromatic heterocycles. The number of rotatable bonds is 5. The molecule has 0 N–H and O–H groups in total. The van der Waals surface area contributed by atoms with Crippen molar-refractivity contribution < 1.29 is 9.53 Å². The third-order valence-corrected chi connectivity index (χ3v) is 4.64. The number of amides is 1. The second-order valence-electron chi connectivity index (χ2n) is 6.39. The van der Waals surface area contributed by atoms with Crippen molar-refractivity contribution in [1.82, 2.24) is 9.80 Å². The summed E-state index contributed by atoms with van der Waals surface area (Å²) in [5.74, 6) is 0.779. The molecule has 5 heteroatoms. The molecule has 1 saturated heterocycles. The third-order valence-electron chi connectivity index (χ3n) is 4.40. The van der Waals surface area contributed by atoms with Gasteiger partial charge in [-0.1, -0.05) is 41.4 Å². The molecule has 3 rings (SSSR count). The smallest absolute Gasteiger partial charge is 0.260 e. The minimum Gasteiger partial charge on any atom is -0.484 e. The summed E-state index contributed by atoms with van der Waals surface area (Å²) < 4.78 is 5.59. The Morgan fingerprint density at radius 3 is 2.48 bits per heavy atom. The Morgan fingerprint density at radius 1 is 1.08 bits per heavy atom. The van der Waals surface area contributed by atoms with E-state index >= 15 is 0 Å². The van der Waals surface area contributed by atoms with Crippen molar-refractivity contribution in [3.05, 3.63) is 64.7 Å². The molecule has 0 atom stereocenters. The number of hydrogen-bond acceptors (Lipinski definition) is 3. The summed E-state index contributed by atoms with van der Waals surface area (Å²) in [6.07, 6.45) is 0. The maximum atomic E-state index is 12.3. The quantitative estimate of drug-likeness (QED) is 0.821. The number of carbonyl (C=O) groups is 1. The van der Waals surface area contributed by atoms with E-state index in [0.717, 1.165) is 43.5 Å². The molecular formula is C20H23ClN2O2. The molecule has 1 amide bonds. The van der Waals surface area contributed by atoms with Crippen molar-refractivity contribution >= 4 is 17.5 Å². The molecular weight excluding hydrogens is 336 g/mol. The molecule has 0 saturated carbocycles. The average Bonchev–Trinajstić information content (AvgIpc) is 2.62. The molecule has 1 aliphatic rings. The van der Waals surface area contributed by atoms with Crippen LogP contribution >= 0.6 is 11.6 Å². The van der Waals surface area contributed by atoms with Crippen LogP contribution in [0, 0.1) is 6.92 Å². The molecule has 25 heavy (non-hydrogen) atoms. The summed E-state index contributed by atoms with van der Waals surface area (Å²) in [5, 5.41) is 0.763. The van der Waals surface area contributed by atoms with Gasteiger partial charge in [0.15, 0.2) is 6.61 Å². The predicted molar refractivity (Wildman–Crippen MR) is 100.0 cm³/mol. The van der Waals surface area contributed by atoms with Gasteiger partial charge in [-0.25, -0.2) is 0 Å². The summed E-state index contributed by atoms with van der Waals surface area (Å²) in [7, 11) is 0. The molecule has 2 aromatic carbocycles. The molecule has 1 fully saturated rings. The first-order valence-corrected chi connectivity index (χ1v) is 8.92. The molecule has 0 radical (unpaired) electrons. The van der Waals surface area contributed by atoms with Gasteiger partial charge in [0.25, 0.3) is 5.91 Å². The Balaban J connectivity index is 1.43. The zero-order chi connectivity index (χ0) is 17.6. The Bertz CT molecular complexity index is 710. The van der Waals surface area contributed by atoms with Gasteiger partial charge in [-0.05, 0) is 36.8 Å². The summed E-state index contributed by atoms with van der Waals surface area (Å²) >= 11 is 6.04. The van der Waals surface area contributed by atoms with E-state index in [1.807, 2.05) is 54.3 Å². The van der Waals surface area contributed by atoms with Crippen LogP contribution in [-0.4, -0.2) is 48.5 Å². The first-order valence-electron chi connectivity index (χ1n) is 8.54. The van der Waals surface area contributed by atoms with Gasteiger partial charge in [0, 0.05) is 37.7 Å². The number of aryl methyl sites for hydroxylation is 1. The maximum Gasteiger partial charge on any atom is 0.260 e. The van der Waals surface area contributed by atoms with Crippen LogP contribution < -0.4 is 4.74 Å². The number of nitrogens with zero attached hydrogens (tertiary/aromatic N) is 2. The van der Waals surface area contributed by atoms with E-state index in [0.29, 0.717) is 0 Å². The zero-order valence-electron chi connectivity index (χ0n) is 14.5. The highest BCUT2D eigenvalue weighted by atomic mass is 35.5. The van der Waals surface area contributed by atoms with Crippen molar-refractivity contribution in [2.24, 2.45) is 0 Å². The predicted octanol–water partition coefficient (Wildman–Crippen LogP) is 3.37. The van der Waals surface area contributed by atoms with Crippen molar-refractivity contribution in [2.75, 3.05) is 32.8 Å². The van der Waals surface area contributed by atoms with Crippen LogP contribution in [-0.2, 0) is 11.3 Å². The topological polar surface area (TPSA) is 32.8 Å². The lowest BCUT2D eigenvalue weighted by molar-refractivity contribution is -0.135. The van der Waals surface area contributed by atoms with Gasteiger partial charge in [0.05, 0.1) is 0 Å². The molecule has 1 aliphatic heterocycles. The summed E-state index contributed by atoms with van der Waals surface area (Å²) in [6, 6.07) is 15.7. The minimum atomic E-state index is 0.0444. The fraction of sp³-hybridized carbons (Fsp3) is 0.350. The van der Waals surface area contributed by atoms with E-state index in [4.69, 9.17) is 16.3 Å². The second-order valence-corrected chi connectivity index (χ2v) is 6.83. The van der Waals surface area contributed by atoms with E-state index < -0.39 is 0 Å². The number of carbonyl (C=O) groups excluding carboxylic acids is 1. The summed E-state index contributed by atoms with van der Waals surface area (Å²) in [5.41, 5.74) is 2.38. The summed E-state index contributed by atoms with van der Waals surface area (Å²) in [6.45, 7) is 6.18. The highest BCUT2D eigenvalue weighted by molar-refractivity contribution is 6.30. The molecule has 0 bridgehead atoms. The Hall–Kier alpha value is -2.04. The van der Waals surface area contributed by atoms with E-state index in [2.05, 4.69) is 11.0 Å². The van der Waals surface area contributed by atoms with Crippen LogP contribution in [0.2, 0.25) is 5.02 Å². The lowest BCUT2D eigenvalue weighted by Gasteiger charge is -2.34. The lowest BCUT2D eigenvalue weighted by Crippen LogP contribution is -2.49. The second kappa shape index (κ2) is 8.37. The van der Waals surface area contributed by atoms with Gasteiger partial charge in [0.1, 0.15) is 5.75 Å². The molecule has 2 aromatic rings. The molecule has 0 aliphatic carbocycles. The van der Waals surface area contributed by atoms with E-state index in [1.165, 1.54) is 11.1 Å². The monoisotopic (exact) mass is 358 g/mol. The van der Waals surface area contributed by atoms with Crippen molar-refractivity contribution in [1.29, 1.82) is 0 Å². The molecule has 1 heterocycles. The van der Waals surface area contributed by atoms with Crippen molar-refractivity contribution in [2.45, 2.75) is 13.5 Å². The third kappa shape index (κ3) is 5.21. The first-order chi connectivity index (χ1) is 12.1. The fourth-order valence-corrected chi connectivity index (χ4v) is 3.13. The Kier molecular flexibility index (Phi) is 5.95. The van der Waals surface area contributed by atoms with Gasteiger partial charge in [-0.3, -0.25) is 9.69 Å². The Morgan fingerprint density at radius 2 is 1.80 bits per heavy atom. The fourth-order valence-electron chi connectivity index (χ4n) is 2.92. The van der Waals surface area contributed by atoms with E-state index in [9.17, 15) is 4.79 Å². The number of benzene rings is 2. The lowest BCUT2D eigenvalue weighted by atomic mass is 10.2. The van der Waals surface area contributed by atoms with Gasteiger partial charge in [0.2, 0.25) is 0 Å². The van der Waals surface area contributed by atoms with Gasteiger partial charge in [-0.15, -0.1) is 0 Å². The van der Waals surface area contributed by atoms with E-state index in [-0.39, 0.29) is 12.5 Å².